The van der Waals surface area contributed by atoms with Crippen LogP contribution in [-0.2, 0) is 19.7 Å². The van der Waals surface area contributed by atoms with Gasteiger partial charge in [-0.25, -0.2) is 0 Å². The van der Waals surface area contributed by atoms with Gasteiger partial charge in [0.25, 0.3) is 0 Å². The van der Waals surface area contributed by atoms with Crippen molar-refractivity contribution in [3.63, 3.8) is 0 Å². The van der Waals surface area contributed by atoms with Crippen molar-refractivity contribution in [3.05, 3.63) is 36.0 Å². The minimum atomic E-state index is 0.401. The van der Waals surface area contributed by atoms with E-state index >= 15 is 0 Å². The number of aromatic nitrogens is 2. The first-order valence-corrected chi connectivity index (χ1v) is 5.74. The average Bonchev–Trinajstić information content (AvgIpc) is 2.95. The van der Waals surface area contributed by atoms with Crippen LogP contribution in [0.15, 0.2) is 28.9 Å². The third kappa shape index (κ3) is 3.10. The van der Waals surface area contributed by atoms with Crippen LogP contribution < -0.4 is 10.5 Å². The van der Waals surface area contributed by atoms with Crippen molar-refractivity contribution in [1.29, 1.82) is 0 Å². The van der Waals surface area contributed by atoms with Crippen molar-refractivity contribution in [2.75, 3.05) is 0 Å². The molecule has 92 valence electrons. The molecular formula is C12H17N3O2. The van der Waals surface area contributed by atoms with E-state index in [9.17, 15) is 0 Å². The predicted molar refractivity (Wildman–Crippen MR) is 63.4 cm³/mol. The number of ether oxygens (including phenoxy) is 1. The molecule has 0 aliphatic carbocycles. The Hall–Kier alpha value is -1.75. The summed E-state index contributed by atoms with van der Waals surface area (Å²) < 4.78 is 12.9. The molecule has 0 atom stereocenters. The van der Waals surface area contributed by atoms with Gasteiger partial charge in [0.05, 0.1) is 18.9 Å². The lowest BCUT2D eigenvalue weighted by atomic mass is 10.4. The van der Waals surface area contributed by atoms with Crippen molar-refractivity contribution < 1.29 is 9.15 Å². The summed E-state index contributed by atoms with van der Waals surface area (Å²) in [4.78, 5) is 0. The van der Waals surface area contributed by atoms with E-state index in [-0.39, 0.29) is 0 Å². The second kappa shape index (κ2) is 5.54. The molecule has 5 heteroatoms. The van der Waals surface area contributed by atoms with Gasteiger partial charge in [0.2, 0.25) is 0 Å². The summed E-state index contributed by atoms with van der Waals surface area (Å²) in [5.41, 5.74) is 5.46. The van der Waals surface area contributed by atoms with Crippen molar-refractivity contribution in [2.45, 2.75) is 33.0 Å². The fourth-order valence-corrected chi connectivity index (χ4v) is 1.53. The first-order valence-electron chi connectivity index (χ1n) is 5.74. The van der Waals surface area contributed by atoms with Crippen LogP contribution in [0.25, 0.3) is 0 Å². The maximum atomic E-state index is 5.56. The number of rotatable bonds is 6. The highest BCUT2D eigenvalue weighted by Gasteiger charge is 2.03. The SMILES string of the molecule is CCCn1cc(OCc2ccc(CN)o2)cn1. The molecule has 2 rings (SSSR count). The van der Waals surface area contributed by atoms with Crippen LogP contribution >= 0.6 is 0 Å². The van der Waals surface area contributed by atoms with Gasteiger partial charge in [0.15, 0.2) is 5.75 Å². The fourth-order valence-electron chi connectivity index (χ4n) is 1.53. The summed E-state index contributed by atoms with van der Waals surface area (Å²) in [5, 5.41) is 4.18. The average molecular weight is 235 g/mol. The van der Waals surface area contributed by atoms with E-state index in [4.69, 9.17) is 14.9 Å². The minimum Gasteiger partial charge on any atom is -0.482 e. The Morgan fingerprint density at radius 2 is 2.24 bits per heavy atom. The molecule has 2 aromatic heterocycles. The van der Waals surface area contributed by atoms with E-state index in [1.807, 2.05) is 23.0 Å². The van der Waals surface area contributed by atoms with Gasteiger partial charge in [0, 0.05) is 6.54 Å². The second-order valence-corrected chi connectivity index (χ2v) is 3.80. The van der Waals surface area contributed by atoms with Crippen molar-refractivity contribution in [1.82, 2.24) is 9.78 Å². The standard InChI is InChI=1S/C12H17N3O2/c1-2-5-15-8-12(7-14-15)16-9-11-4-3-10(6-13)17-11/h3-4,7-8H,2,5-6,9,13H2,1H3. The Bertz CT molecular complexity index is 462. The zero-order chi connectivity index (χ0) is 12.1. The molecule has 0 unspecified atom stereocenters. The lowest BCUT2D eigenvalue weighted by Gasteiger charge is -2.00. The zero-order valence-electron chi connectivity index (χ0n) is 9.93. The topological polar surface area (TPSA) is 66.2 Å². The molecule has 0 spiro atoms. The molecule has 2 N–H and O–H groups in total. The predicted octanol–water partition coefficient (Wildman–Crippen LogP) is 1.92. The summed E-state index contributed by atoms with van der Waals surface area (Å²) in [6.07, 6.45) is 4.65. The Morgan fingerprint density at radius 1 is 1.41 bits per heavy atom. The van der Waals surface area contributed by atoms with E-state index in [0.29, 0.717) is 13.2 Å². The summed E-state index contributed by atoms with van der Waals surface area (Å²) in [5.74, 6) is 2.29. The quantitative estimate of drug-likeness (QED) is 0.830. The smallest absolute Gasteiger partial charge is 0.157 e. The molecular weight excluding hydrogens is 218 g/mol. The number of nitrogens with zero attached hydrogens (tertiary/aromatic N) is 2. The van der Waals surface area contributed by atoms with Crippen LogP contribution in [-0.4, -0.2) is 9.78 Å². The van der Waals surface area contributed by atoms with E-state index in [0.717, 1.165) is 30.2 Å². The van der Waals surface area contributed by atoms with Gasteiger partial charge in [-0.05, 0) is 18.6 Å². The van der Waals surface area contributed by atoms with E-state index in [2.05, 4.69) is 12.0 Å². The van der Waals surface area contributed by atoms with Gasteiger partial charge in [-0.15, -0.1) is 0 Å². The van der Waals surface area contributed by atoms with E-state index in [1.165, 1.54) is 0 Å². The largest absolute Gasteiger partial charge is 0.482 e. The van der Waals surface area contributed by atoms with Crippen LogP contribution in [0, 0.1) is 0 Å². The summed E-state index contributed by atoms with van der Waals surface area (Å²) in [6.45, 7) is 3.83. The first-order chi connectivity index (χ1) is 8.31. The van der Waals surface area contributed by atoms with Gasteiger partial charge >= 0.3 is 0 Å². The first kappa shape index (κ1) is 11.7. The molecule has 0 bridgehead atoms. The van der Waals surface area contributed by atoms with Crippen molar-refractivity contribution in [3.8, 4) is 5.75 Å². The number of hydrogen-bond acceptors (Lipinski definition) is 4. The number of nitrogens with two attached hydrogens (primary N) is 1. The molecule has 0 amide bonds. The van der Waals surface area contributed by atoms with Gasteiger partial charge in [0.1, 0.15) is 18.1 Å². The fraction of sp³-hybridized carbons (Fsp3) is 0.417. The molecule has 0 fully saturated rings. The number of hydrogen-bond donors (Lipinski definition) is 1. The van der Waals surface area contributed by atoms with Crippen LogP contribution in [0.1, 0.15) is 24.9 Å². The third-order valence-electron chi connectivity index (χ3n) is 2.36. The Balaban J connectivity index is 1.88. The lowest BCUT2D eigenvalue weighted by molar-refractivity contribution is 0.266. The summed E-state index contributed by atoms with van der Waals surface area (Å²) in [6, 6.07) is 3.73. The van der Waals surface area contributed by atoms with Crippen LogP contribution in [0.2, 0.25) is 0 Å². The molecule has 2 heterocycles. The minimum absolute atomic E-state index is 0.401. The van der Waals surface area contributed by atoms with E-state index < -0.39 is 0 Å². The lowest BCUT2D eigenvalue weighted by Crippen LogP contribution is -1.96. The van der Waals surface area contributed by atoms with Gasteiger partial charge < -0.3 is 14.9 Å². The monoisotopic (exact) mass is 235 g/mol. The summed E-state index contributed by atoms with van der Waals surface area (Å²) >= 11 is 0. The normalized spacial score (nSPS) is 10.7. The third-order valence-corrected chi connectivity index (χ3v) is 2.36. The molecule has 0 saturated carbocycles. The Kier molecular flexibility index (Phi) is 3.82. The molecule has 2 aromatic rings. The van der Waals surface area contributed by atoms with E-state index in [1.54, 1.807) is 6.20 Å². The Labute approximate surface area is 100 Å². The highest BCUT2D eigenvalue weighted by atomic mass is 16.5. The van der Waals surface area contributed by atoms with Crippen LogP contribution in [0.4, 0.5) is 0 Å². The van der Waals surface area contributed by atoms with Crippen LogP contribution in [0.5, 0.6) is 5.75 Å². The molecule has 0 saturated heterocycles. The Morgan fingerprint density at radius 3 is 2.94 bits per heavy atom. The molecule has 5 nitrogen and oxygen atoms in total. The van der Waals surface area contributed by atoms with Crippen LogP contribution in [0.3, 0.4) is 0 Å². The second-order valence-electron chi connectivity index (χ2n) is 3.80. The molecule has 17 heavy (non-hydrogen) atoms. The summed E-state index contributed by atoms with van der Waals surface area (Å²) in [7, 11) is 0. The molecule has 0 aromatic carbocycles. The van der Waals surface area contributed by atoms with Gasteiger partial charge in [-0.1, -0.05) is 6.92 Å². The van der Waals surface area contributed by atoms with Gasteiger partial charge in [-0.3, -0.25) is 4.68 Å². The molecule has 0 aliphatic heterocycles. The van der Waals surface area contributed by atoms with Crippen molar-refractivity contribution >= 4 is 0 Å². The highest BCUT2D eigenvalue weighted by Crippen LogP contribution is 2.13. The molecule has 0 radical (unpaired) electrons. The van der Waals surface area contributed by atoms with Crippen molar-refractivity contribution in [2.24, 2.45) is 5.73 Å². The zero-order valence-corrected chi connectivity index (χ0v) is 9.93. The highest BCUT2D eigenvalue weighted by molar-refractivity contribution is 5.13. The maximum absolute atomic E-state index is 5.56. The molecule has 0 aliphatic rings. The van der Waals surface area contributed by atoms with Gasteiger partial charge in [-0.2, -0.15) is 5.10 Å². The number of aryl methyl sites for hydroxylation is 1. The number of furan rings is 1. The maximum Gasteiger partial charge on any atom is 0.157 e.